The van der Waals surface area contributed by atoms with Crippen LogP contribution in [0.15, 0.2) is 18.5 Å². The fourth-order valence-electron chi connectivity index (χ4n) is 4.81. The summed E-state index contributed by atoms with van der Waals surface area (Å²) in [6, 6.07) is 3.67. The average molecular weight is 641 g/mol. The zero-order valence-electron chi connectivity index (χ0n) is 25.4. The number of aliphatic hydroxyl groups is 2. The molecule has 0 saturated carbocycles. The average Bonchev–Trinajstić information content (AvgIpc) is 3.52. The van der Waals surface area contributed by atoms with Gasteiger partial charge in [0.1, 0.15) is 42.3 Å². The van der Waals surface area contributed by atoms with Gasteiger partial charge in [-0.3, -0.25) is 18.6 Å². The van der Waals surface area contributed by atoms with Crippen LogP contribution in [-0.4, -0.2) is 80.6 Å². The number of carbonyl (C=O) groups excluding carboxylic acids is 2. The summed E-state index contributed by atoms with van der Waals surface area (Å²) in [6.07, 6.45) is -1.48. The Morgan fingerprint density at radius 1 is 1.20 bits per heavy atom. The van der Waals surface area contributed by atoms with Gasteiger partial charge in [-0.05, 0) is 45.7 Å². The van der Waals surface area contributed by atoms with Crippen LogP contribution in [0.2, 0.25) is 0 Å². The lowest BCUT2D eigenvalue weighted by Crippen LogP contribution is -2.41. The highest BCUT2D eigenvalue weighted by Crippen LogP contribution is 2.47. The van der Waals surface area contributed by atoms with Crippen molar-refractivity contribution >= 4 is 31.0 Å². The van der Waals surface area contributed by atoms with E-state index in [1.165, 1.54) is 23.6 Å². The van der Waals surface area contributed by atoms with Gasteiger partial charge in [-0.2, -0.15) is 10.4 Å². The maximum atomic E-state index is 13.8. The highest BCUT2D eigenvalue weighted by atomic mass is 31.2. The summed E-state index contributed by atoms with van der Waals surface area (Å²) in [5.74, 6) is -1.55. The standard InChI is InChI=1S/C27H41N6O10P/c1-6-8-18(9-7-2)26(37)39-15-41-44(38,32-17(5)25(36)42-16(3)4)40-12-20-22(34)23(35)27(13-28,43-20)21-11-10-19-24(29)30-14-31-33(19)21/h10-11,14,16-18,20,22-23,34-35H,6-9,12,15H2,1-5H3,(H,32,38)(H2,29,30,31)/t17-,20-,22-,23-,27+,44+/m1/s1. The Balaban J connectivity index is 1.79. The monoisotopic (exact) mass is 640 g/mol. The molecule has 6 atom stereocenters. The van der Waals surface area contributed by atoms with E-state index in [4.69, 9.17) is 29.0 Å². The Bertz CT molecular complexity index is 1380. The zero-order chi connectivity index (χ0) is 32.7. The molecule has 17 heteroatoms. The zero-order valence-corrected chi connectivity index (χ0v) is 26.3. The number of aliphatic hydroxyl groups excluding tert-OH is 2. The van der Waals surface area contributed by atoms with Crippen LogP contribution in [0.4, 0.5) is 5.82 Å². The van der Waals surface area contributed by atoms with Crippen molar-refractivity contribution in [1.29, 1.82) is 5.26 Å². The summed E-state index contributed by atoms with van der Waals surface area (Å²) < 4.78 is 42.1. The normalized spacial score (nSPS) is 23.9. The van der Waals surface area contributed by atoms with Gasteiger partial charge >= 0.3 is 19.7 Å². The van der Waals surface area contributed by atoms with Crippen LogP contribution >= 0.6 is 7.75 Å². The minimum atomic E-state index is -4.47. The molecule has 0 unspecified atom stereocenters. The number of anilines is 1. The Labute approximate surface area is 255 Å². The molecule has 0 spiro atoms. The molecular weight excluding hydrogens is 599 g/mol. The largest absolute Gasteiger partial charge is 0.462 e. The van der Waals surface area contributed by atoms with Crippen LogP contribution in [0, 0.1) is 17.2 Å². The van der Waals surface area contributed by atoms with Crippen molar-refractivity contribution in [2.75, 3.05) is 19.1 Å². The molecule has 1 saturated heterocycles. The number of rotatable bonds is 16. The number of nitrogens with two attached hydrogens (primary N) is 1. The molecular formula is C27H41N6O10P. The maximum Gasteiger partial charge on any atom is 0.409 e. The molecule has 0 radical (unpaired) electrons. The molecule has 3 rings (SSSR count). The summed E-state index contributed by atoms with van der Waals surface area (Å²) in [6.45, 7) is 7.08. The molecule has 0 aliphatic carbocycles. The molecule has 0 amide bonds. The van der Waals surface area contributed by atoms with Gasteiger partial charge in [-0.1, -0.05) is 26.7 Å². The van der Waals surface area contributed by atoms with Crippen molar-refractivity contribution in [3.8, 4) is 6.07 Å². The molecule has 244 valence electrons. The van der Waals surface area contributed by atoms with E-state index in [1.807, 2.05) is 19.9 Å². The summed E-state index contributed by atoms with van der Waals surface area (Å²) in [5.41, 5.74) is 4.15. The minimum Gasteiger partial charge on any atom is -0.462 e. The number of nitrogen functional groups attached to an aromatic ring is 1. The van der Waals surface area contributed by atoms with Crippen LogP contribution in [0.1, 0.15) is 66.0 Å². The van der Waals surface area contributed by atoms with Crippen LogP contribution in [-0.2, 0) is 43.0 Å². The summed E-state index contributed by atoms with van der Waals surface area (Å²) in [4.78, 5) is 28.9. The lowest BCUT2D eigenvalue weighted by molar-refractivity contribution is -0.157. The third-order valence-electron chi connectivity index (χ3n) is 6.98. The third-order valence-corrected chi connectivity index (χ3v) is 8.62. The van der Waals surface area contributed by atoms with E-state index in [1.54, 1.807) is 13.8 Å². The van der Waals surface area contributed by atoms with Gasteiger partial charge in [0, 0.05) is 0 Å². The lowest BCUT2D eigenvalue weighted by Gasteiger charge is -2.25. The Hall–Kier alpha value is -3.16. The quantitative estimate of drug-likeness (QED) is 0.117. The number of fused-ring (bicyclic) bond motifs is 1. The first-order valence-corrected chi connectivity index (χ1v) is 15.9. The molecule has 3 heterocycles. The van der Waals surface area contributed by atoms with E-state index in [-0.39, 0.29) is 17.4 Å². The van der Waals surface area contributed by atoms with Gasteiger partial charge in [0.25, 0.3) is 0 Å². The molecule has 5 N–H and O–H groups in total. The smallest absolute Gasteiger partial charge is 0.409 e. The number of nitriles is 1. The number of nitrogens with zero attached hydrogens (tertiary/aromatic N) is 4. The molecule has 1 aliphatic heterocycles. The predicted octanol–water partition coefficient (Wildman–Crippen LogP) is 1.94. The number of hydrogen-bond donors (Lipinski definition) is 4. The maximum absolute atomic E-state index is 13.8. The summed E-state index contributed by atoms with van der Waals surface area (Å²) in [5, 5.41) is 38.5. The van der Waals surface area contributed by atoms with Gasteiger partial charge in [-0.25, -0.2) is 19.2 Å². The first kappa shape index (κ1) is 35.3. The van der Waals surface area contributed by atoms with Crippen molar-refractivity contribution in [2.45, 2.75) is 96.4 Å². The van der Waals surface area contributed by atoms with Crippen LogP contribution in [0.25, 0.3) is 5.52 Å². The molecule has 0 aromatic carbocycles. The molecule has 1 aliphatic rings. The highest BCUT2D eigenvalue weighted by molar-refractivity contribution is 7.51. The predicted molar refractivity (Wildman–Crippen MR) is 154 cm³/mol. The molecule has 16 nitrogen and oxygen atoms in total. The number of nitrogens with one attached hydrogen (secondary N) is 1. The van der Waals surface area contributed by atoms with Crippen LogP contribution < -0.4 is 10.8 Å². The molecule has 1 fully saturated rings. The first-order valence-electron chi connectivity index (χ1n) is 14.4. The second-order valence-corrected chi connectivity index (χ2v) is 12.5. The fraction of sp³-hybridized carbons (Fsp3) is 0.667. The minimum absolute atomic E-state index is 0.0568. The van der Waals surface area contributed by atoms with Crippen molar-refractivity contribution in [2.24, 2.45) is 5.92 Å². The van der Waals surface area contributed by atoms with E-state index < -0.39 is 69.1 Å². The lowest BCUT2D eigenvalue weighted by atomic mass is 9.92. The number of ether oxygens (including phenoxy) is 3. The molecule has 2 aromatic heterocycles. The second kappa shape index (κ2) is 15.2. The van der Waals surface area contributed by atoms with Crippen molar-refractivity contribution in [1.82, 2.24) is 19.7 Å². The number of aromatic nitrogens is 3. The number of esters is 2. The summed E-state index contributed by atoms with van der Waals surface area (Å²) in [7, 11) is -4.47. The van der Waals surface area contributed by atoms with Crippen molar-refractivity contribution in [3.05, 3.63) is 24.2 Å². The van der Waals surface area contributed by atoms with E-state index in [0.717, 1.165) is 19.2 Å². The van der Waals surface area contributed by atoms with Gasteiger partial charge in [0.05, 0.1) is 24.3 Å². The Morgan fingerprint density at radius 2 is 1.89 bits per heavy atom. The number of hydrogen-bond acceptors (Lipinski definition) is 14. The summed E-state index contributed by atoms with van der Waals surface area (Å²) >= 11 is 0. The molecule has 0 bridgehead atoms. The first-order chi connectivity index (χ1) is 20.8. The van der Waals surface area contributed by atoms with Crippen molar-refractivity contribution in [3.63, 3.8) is 0 Å². The van der Waals surface area contributed by atoms with Gasteiger partial charge in [0.2, 0.25) is 12.4 Å². The van der Waals surface area contributed by atoms with Gasteiger partial charge < -0.3 is 30.2 Å². The molecule has 44 heavy (non-hydrogen) atoms. The second-order valence-electron chi connectivity index (χ2n) is 10.7. The van der Waals surface area contributed by atoms with E-state index in [9.17, 15) is 29.6 Å². The highest BCUT2D eigenvalue weighted by Gasteiger charge is 2.58. The van der Waals surface area contributed by atoms with E-state index >= 15 is 0 Å². The van der Waals surface area contributed by atoms with E-state index in [0.29, 0.717) is 18.4 Å². The number of carbonyl (C=O) groups is 2. The SMILES string of the molecule is CCCC(CCC)C(=O)OCO[P@](=O)(N[C@H](C)C(=O)OC(C)C)OC[C@H]1O[C@@](C#N)(c2ccc3c(N)ncnn23)[C@H](O)[C@@H]1O. The van der Waals surface area contributed by atoms with Crippen LogP contribution in [0.3, 0.4) is 0 Å². The Kier molecular flexibility index (Phi) is 12.2. The third kappa shape index (κ3) is 7.91. The van der Waals surface area contributed by atoms with Crippen molar-refractivity contribution < 1.29 is 47.6 Å². The Morgan fingerprint density at radius 3 is 2.50 bits per heavy atom. The molecule has 2 aromatic rings. The van der Waals surface area contributed by atoms with E-state index in [2.05, 4.69) is 15.2 Å². The van der Waals surface area contributed by atoms with Gasteiger partial charge in [0.15, 0.2) is 5.82 Å². The topological polar surface area (TPSA) is 230 Å². The van der Waals surface area contributed by atoms with Crippen LogP contribution in [0.5, 0.6) is 0 Å². The van der Waals surface area contributed by atoms with Gasteiger partial charge in [-0.15, -0.1) is 0 Å². The fourth-order valence-corrected chi connectivity index (χ4v) is 6.14.